The minimum absolute atomic E-state index is 0.413. The van der Waals surface area contributed by atoms with Gasteiger partial charge < -0.3 is 4.74 Å². The maximum absolute atomic E-state index is 11.5. The van der Waals surface area contributed by atoms with Crippen molar-refractivity contribution in [3.63, 3.8) is 0 Å². The van der Waals surface area contributed by atoms with Gasteiger partial charge in [-0.1, -0.05) is 54.6 Å². The summed E-state index contributed by atoms with van der Waals surface area (Å²) in [5, 5.41) is 14.1. The zero-order valence-electron chi connectivity index (χ0n) is 15.0. The zero-order chi connectivity index (χ0) is 19.3. The molecule has 0 saturated carbocycles. The van der Waals surface area contributed by atoms with Crippen molar-refractivity contribution in [2.75, 3.05) is 7.11 Å². The molecule has 0 bridgehead atoms. The molecule has 0 spiro atoms. The third kappa shape index (κ3) is 3.74. The van der Waals surface area contributed by atoms with Crippen LogP contribution < -0.4 is 0 Å². The Hall–Kier alpha value is -3.58. The van der Waals surface area contributed by atoms with Gasteiger partial charge in [0.05, 0.1) is 7.11 Å². The number of aromatic amines is 1. The van der Waals surface area contributed by atoms with Crippen LogP contribution in [0.4, 0.5) is 0 Å². The van der Waals surface area contributed by atoms with Crippen LogP contribution in [0, 0.1) is 0 Å². The molecule has 0 fully saturated rings. The van der Waals surface area contributed by atoms with E-state index in [1.54, 1.807) is 17.4 Å². The number of rotatable bonds is 5. The number of H-pyrrole nitrogens is 1. The standard InChI is InChI=1S/C21H16N4O2S/c1-27-20(26)12-11-18-17(21-22-24-25-23-21)13-19(28-18)16-9-7-15(8-10-16)14-5-3-2-4-6-14/h2-13H,1H3,(H,22,23,24,25). The molecule has 0 radical (unpaired) electrons. The van der Waals surface area contributed by atoms with Gasteiger partial charge in [0.15, 0.2) is 5.82 Å². The highest BCUT2D eigenvalue weighted by molar-refractivity contribution is 7.16. The molecule has 2 aromatic heterocycles. The van der Waals surface area contributed by atoms with Gasteiger partial charge in [0.25, 0.3) is 0 Å². The van der Waals surface area contributed by atoms with E-state index in [1.165, 1.54) is 18.7 Å². The number of esters is 1. The molecule has 138 valence electrons. The molecule has 0 unspecified atom stereocenters. The van der Waals surface area contributed by atoms with Crippen molar-refractivity contribution in [3.05, 3.63) is 71.6 Å². The van der Waals surface area contributed by atoms with Crippen LogP contribution in [0.25, 0.3) is 39.0 Å². The second kappa shape index (κ2) is 7.98. The third-order valence-electron chi connectivity index (χ3n) is 4.21. The number of benzene rings is 2. The fourth-order valence-corrected chi connectivity index (χ4v) is 3.87. The van der Waals surface area contributed by atoms with Crippen molar-refractivity contribution in [1.82, 2.24) is 20.6 Å². The molecule has 1 N–H and O–H groups in total. The Morgan fingerprint density at radius 1 is 1.04 bits per heavy atom. The van der Waals surface area contributed by atoms with Gasteiger partial charge in [0.2, 0.25) is 0 Å². The van der Waals surface area contributed by atoms with E-state index in [9.17, 15) is 4.79 Å². The summed E-state index contributed by atoms with van der Waals surface area (Å²) in [6.45, 7) is 0. The Morgan fingerprint density at radius 3 is 2.43 bits per heavy atom. The number of aromatic nitrogens is 4. The first-order valence-corrected chi connectivity index (χ1v) is 9.36. The first-order chi connectivity index (χ1) is 13.7. The third-order valence-corrected chi connectivity index (χ3v) is 5.36. The molecule has 6 nitrogen and oxygen atoms in total. The van der Waals surface area contributed by atoms with Crippen LogP contribution in [-0.2, 0) is 9.53 Å². The van der Waals surface area contributed by atoms with Crippen molar-refractivity contribution in [2.24, 2.45) is 0 Å². The Morgan fingerprint density at radius 2 is 1.75 bits per heavy atom. The molecule has 4 rings (SSSR count). The molecule has 7 heteroatoms. The van der Waals surface area contributed by atoms with E-state index in [-0.39, 0.29) is 0 Å². The number of nitrogens with zero attached hydrogens (tertiary/aromatic N) is 3. The summed E-state index contributed by atoms with van der Waals surface area (Å²) in [6.07, 6.45) is 3.11. The Kier molecular flexibility index (Phi) is 5.07. The zero-order valence-corrected chi connectivity index (χ0v) is 15.8. The second-order valence-electron chi connectivity index (χ2n) is 5.94. The molecular weight excluding hydrogens is 372 g/mol. The van der Waals surface area contributed by atoms with Gasteiger partial charge in [0.1, 0.15) is 0 Å². The lowest BCUT2D eigenvalue weighted by molar-refractivity contribution is -0.134. The number of methoxy groups -OCH3 is 1. The fraction of sp³-hybridized carbons (Fsp3) is 0.0476. The van der Waals surface area contributed by atoms with E-state index in [0.29, 0.717) is 5.82 Å². The summed E-state index contributed by atoms with van der Waals surface area (Å²) < 4.78 is 4.68. The van der Waals surface area contributed by atoms with E-state index in [4.69, 9.17) is 0 Å². The average molecular weight is 388 g/mol. The van der Waals surface area contributed by atoms with Gasteiger partial charge in [-0.3, -0.25) is 0 Å². The smallest absolute Gasteiger partial charge is 0.330 e. The highest BCUT2D eigenvalue weighted by Crippen LogP contribution is 2.37. The SMILES string of the molecule is COC(=O)C=Cc1sc(-c2ccc(-c3ccccc3)cc2)cc1-c1nnn[nH]1. The fourth-order valence-electron chi connectivity index (χ4n) is 2.80. The minimum Gasteiger partial charge on any atom is -0.466 e. The van der Waals surface area contributed by atoms with Crippen molar-refractivity contribution < 1.29 is 9.53 Å². The molecule has 0 aliphatic heterocycles. The number of hydrogen-bond donors (Lipinski definition) is 1. The predicted molar refractivity (Wildman–Crippen MR) is 109 cm³/mol. The van der Waals surface area contributed by atoms with Crippen LogP contribution in [-0.4, -0.2) is 33.7 Å². The molecule has 2 aromatic carbocycles. The molecule has 2 heterocycles. The summed E-state index contributed by atoms with van der Waals surface area (Å²) in [6, 6.07) is 20.6. The van der Waals surface area contributed by atoms with Gasteiger partial charge in [-0.2, -0.15) is 0 Å². The quantitative estimate of drug-likeness (QED) is 0.404. The van der Waals surface area contributed by atoms with Gasteiger partial charge in [0, 0.05) is 21.4 Å². The van der Waals surface area contributed by atoms with Crippen LogP contribution >= 0.6 is 11.3 Å². The summed E-state index contributed by atoms with van der Waals surface area (Å²) in [5.74, 6) is 0.136. The van der Waals surface area contributed by atoms with Crippen LogP contribution in [0.2, 0.25) is 0 Å². The summed E-state index contributed by atoms with van der Waals surface area (Å²) in [4.78, 5) is 13.4. The van der Waals surface area contributed by atoms with Gasteiger partial charge in [-0.15, -0.1) is 16.4 Å². The van der Waals surface area contributed by atoms with E-state index in [1.807, 2.05) is 24.3 Å². The monoisotopic (exact) mass is 388 g/mol. The van der Waals surface area contributed by atoms with E-state index in [2.05, 4.69) is 61.8 Å². The summed E-state index contributed by atoms with van der Waals surface area (Å²) in [5.41, 5.74) is 4.25. The van der Waals surface area contributed by atoms with Crippen molar-refractivity contribution in [1.29, 1.82) is 0 Å². The summed E-state index contributed by atoms with van der Waals surface area (Å²) in [7, 11) is 1.35. The van der Waals surface area contributed by atoms with Crippen molar-refractivity contribution >= 4 is 23.4 Å². The molecule has 28 heavy (non-hydrogen) atoms. The van der Waals surface area contributed by atoms with E-state index >= 15 is 0 Å². The molecule has 0 saturated heterocycles. The largest absolute Gasteiger partial charge is 0.466 e. The van der Waals surface area contributed by atoms with Crippen molar-refractivity contribution in [2.45, 2.75) is 0 Å². The van der Waals surface area contributed by atoms with Crippen molar-refractivity contribution in [3.8, 4) is 33.0 Å². The molecule has 0 aliphatic rings. The summed E-state index contributed by atoms with van der Waals surface area (Å²) >= 11 is 1.55. The Labute approximate surface area is 165 Å². The molecule has 0 amide bonds. The number of carbonyl (C=O) groups excluding carboxylic acids is 1. The highest BCUT2D eigenvalue weighted by Gasteiger charge is 2.14. The number of carbonyl (C=O) groups is 1. The lowest BCUT2D eigenvalue weighted by atomic mass is 10.0. The van der Waals surface area contributed by atoms with Crippen LogP contribution in [0.5, 0.6) is 0 Å². The van der Waals surface area contributed by atoms with Crippen LogP contribution in [0.15, 0.2) is 66.7 Å². The van der Waals surface area contributed by atoms with Crippen LogP contribution in [0.1, 0.15) is 4.88 Å². The molecular formula is C21H16N4O2S. The number of thiophene rings is 1. The highest BCUT2D eigenvalue weighted by atomic mass is 32.1. The predicted octanol–water partition coefficient (Wildman–Crippen LogP) is 4.45. The minimum atomic E-state index is -0.413. The topological polar surface area (TPSA) is 80.8 Å². The second-order valence-corrected chi connectivity index (χ2v) is 7.02. The number of hydrogen-bond acceptors (Lipinski definition) is 6. The number of ether oxygens (including phenoxy) is 1. The molecule has 0 aliphatic carbocycles. The average Bonchev–Trinajstić information content (AvgIpc) is 3.42. The maximum Gasteiger partial charge on any atom is 0.330 e. The maximum atomic E-state index is 11.5. The van der Waals surface area contributed by atoms with Gasteiger partial charge in [-0.25, -0.2) is 9.89 Å². The molecule has 4 aromatic rings. The van der Waals surface area contributed by atoms with Gasteiger partial charge in [-0.05, 0) is 39.3 Å². The molecule has 0 atom stereocenters. The first-order valence-electron chi connectivity index (χ1n) is 8.54. The van der Waals surface area contributed by atoms with Crippen LogP contribution in [0.3, 0.4) is 0 Å². The Balaban J connectivity index is 1.70. The first kappa shape index (κ1) is 17.8. The lowest BCUT2D eigenvalue weighted by Crippen LogP contribution is -1.93. The number of tetrazole rings is 1. The Bertz CT molecular complexity index is 1100. The van der Waals surface area contributed by atoms with E-state index in [0.717, 1.165) is 26.4 Å². The normalized spacial score (nSPS) is 11.0. The number of nitrogens with one attached hydrogen (secondary N) is 1. The van der Waals surface area contributed by atoms with Gasteiger partial charge >= 0.3 is 5.97 Å². The van der Waals surface area contributed by atoms with E-state index < -0.39 is 5.97 Å². The lowest BCUT2D eigenvalue weighted by Gasteiger charge is -2.03.